The number of aliphatic hydroxyl groups excluding tert-OH is 1. The topological polar surface area (TPSA) is 49.3 Å². The molecular weight excluding hydrogens is 198 g/mol. The molecule has 1 fully saturated rings. The van der Waals surface area contributed by atoms with E-state index in [1.54, 1.807) is 0 Å². The Morgan fingerprint density at radius 2 is 2.36 bits per heavy atom. The normalized spacial score (nSPS) is 22.4. The minimum atomic E-state index is -0.279. The van der Waals surface area contributed by atoms with Crippen LogP contribution in [0.3, 0.4) is 0 Å². The summed E-state index contributed by atoms with van der Waals surface area (Å²) in [6, 6.07) is 0. The molecule has 0 aromatic carbocycles. The number of rotatable bonds is 4. The Morgan fingerprint density at radius 3 is 2.86 bits per heavy atom. The minimum absolute atomic E-state index is 0.118. The molecule has 1 rings (SSSR count). The molecule has 1 heterocycles. The second-order valence-corrected chi connectivity index (χ2v) is 5.56. The van der Waals surface area contributed by atoms with Gasteiger partial charge in [0, 0.05) is 23.8 Å². The average molecular weight is 217 g/mol. The van der Waals surface area contributed by atoms with Crippen molar-refractivity contribution in [1.29, 1.82) is 0 Å². The Hall–Kier alpha value is -0.220. The molecule has 3 nitrogen and oxygen atoms in total. The molecular formula is C10H19NO2S. The molecule has 1 aliphatic rings. The van der Waals surface area contributed by atoms with Gasteiger partial charge < -0.3 is 10.4 Å². The van der Waals surface area contributed by atoms with Crippen molar-refractivity contribution in [2.45, 2.75) is 32.2 Å². The first kappa shape index (κ1) is 11.9. The number of carbonyl (C=O) groups excluding carboxylic acids is 1. The SMILES string of the molecule is CC(C)(CCO)NC(=O)C1CCSC1. The molecule has 14 heavy (non-hydrogen) atoms. The Balaban J connectivity index is 2.38. The van der Waals surface area contributed by atoms with Crippen molar-refractivity contribution in [3.63, 3.8) is 0 Å². The summed E-state index contributed by atoms with van der Waals surface area (Å²) < 4.78 is 0. The fraction of sp³-hybridized carbons (Fsp3) is 0.900. The summed E-state index contributed by atoms with van der Waals surface area (Å²) in [5.41, 5.74) is -0.279. The number of aliphatic hydroxyl groups is 1. The first-order valence-electron chi connectivity index (χ1n) is 5.06. The highest BCUT2D eigenvalue weighted by molar-refractivity contribution is 7.99. The molecule has 0 aromatic heterocycles. The van der Waals surface area contributed by atoms with Gasteiger partial charge in [0.05, 0.1) is 0 Å². The van der Waals surface area contributed by atoms with Crippen LogP contribution in [0.4, 0.5) is 0 Å². The fourth-order valence-corrected chi connectivity index (χ4v) is 2.74. The number of thioether (sulfide) groups is 1. The van der Waals surface area contributed by atoms with E-state index in [1.165, 1.54) is 0 Å². The first-order valence-corrected chi connectivity index (χ1v) is 6.21. The van der Waals surface area contributed by atoms with Gasteiger partial charge in [-0.1, -0.05) is 0 Å². The van der Waals surface area contributed by atoms with Gasteiger partial charge in [-0.2, -0.15) is 11.8 Å². The molecule has 0 aliphatic carbocycles. The molecule has 1 saturated heterocycles. The summed E-state index contributed by atoms with van der Waals surface area (Å²) in [4.78, 5) is 11.7. The van der Waals surface area contributed by atoms with E-state index in [4.69, 9.17) is 5.11 Å². The molecule has 1 aliphatic heterocycles. The van der Waals surface area contributed by atoms with Crippen LogP contribution in [0.15, 0.2) is 0 Å². The number of hydrogen-bond donors (Lipinski definition) is 2. The van der Waals surface area contributed by atoms with E-state index in [0.717, 1.165) is 17.9 Å². The number of carbonyl (C=O) groups is 1. The summed E-state index contributed by atoms with van der Waals surface area (Å²) in [6.07, 6.45) is 1.60. The molecule has 1 amide bonds. The van der Waals surface area contributed by atoms with Crippen molar-refractivity contribution in [2.75, 3.05) is 18.1 Å². The predicted molar refractivity (Wildman–Crippen MR) is 59.4 cm³/mol. The number of amides is 1. The summed E-state index contributed by atoms with van der Waals surface area (Å²) in [5.74, 6) is 2.37. The molecule has 0 aromatic rings. The molecule has 1 atom stereocenters. The highest BCUT2D eigenvalue weighted by Gasteiger charge is 2.27. The average Bonchev–Trinajstić information content (AvgIpc) is 2.53. The van der Waals surface area contributed by atoms with E-state index < -0.39 is 0 Å². The molecule has 0 spiro atoms. The van der Waals surface area contributed by atoms with Crippen LogP contribution >= 0.6 is 11.8 Å². The summed E-state index contributed by atoms with van der Waals surface area (Å²) in [6.45, 7) is 4.01. The minimum Gasteiger partial charge on any atom is -0.396 e. The van der Waals surface area contributed by atoms with Gasteiger partial charge in [-0.25, -0.2) is 0 Å². The third-order valence-corrected chi connectivity index (χ3v) is 3.66. The van der Waals surface area contributed by atoms with Crippen molar-refractivity contribution >= 4 is 17.7 Å². The van der Waals surface area contributed by atoms with E-state index in [9.17, 15) is 4.79 Å². The van der Waals surface area contributed by atoms with Gasteiger partial charge in [-0.3, -0.25) is 4.79 Å². The standard InChI is InChI=1S/C10H19NO2S/c1-10(2,4-5-12)11-9(13)8-3-6-14-7-8/h8,12H,3-7H2,1-2H3,(H,11,13). The molecule has 0 saturated carbocycles. The lowest BCUT2D eigenvalue weighted by Crippen LogP contribution is -2.46. The molecule has 4 heteroatoms. The van der Waals surface area contributed by atoms with E-state index in [2.05, 4.69) is 5.32 Å². The zero-order chi connectivity index (χ0) is 10.6. The maximum atomic E-state index is 11.7. The van der Waals surface area contributed by atoms with E-state index in [1.807, 2.05) is 25.6 Å². The molecule has 2 N–H and O–H groups in total. The maximum Gasteiger partial charge on any atom is 0.224 e. The van der Waals surface area contributed by atoms with Gasteiger partial charge in [-0.15, -0.1) is 0 Å². The summed E-state index contributed by atoms with van der Waals surface area (Å²) in [5, 5.41) is 11.8. The zero-order valence-electron chi connectivity index (χ0n) is 8.88. The molecule has 1 unspecified atom stereocenters. The second-order valence-electron chi connectivity index (χ2n) is 4.41. The first-order chi connectivity index (χ1) is 6.55. The Labute approximate surface area is 89.6 Å². The van der Waals surface area contributed by atoms with Crippen LogP contribution in [0.2, 0.25) is 0 Å². The van der Waals surface area contributed by atoms with Crippen molar-refractivity contribution < 1.29 is 9.90 Å². The maximum absolute atomic E-state index is 11.7. The lowest BCUT2D eigenvalue weighted by Gasteiger charge is -2.26. The van der Waals surface area contributed by atoms with Crippen molar-refractivity contribution in [3.8, 4) is 0 Å². The van der Waals surface area contributed by atoms with Gasteiger partial charge in [-0.05, 0) is 32.4 Å². The van der Waals surface area contributed by atoms with Gasteiger partial charge in [0.2, 0.25) is 5.91 Å². The monoisotopic (exact) mass is 217 g/mol. The van der Waals surface area contributed by atoms with Crippen LogP contribution in [0.25, 0.3) is 0 Å². The van der Waals surface area contributed by atoms with E-state index in [0.29, 0.717) is 6.42 Å². The quantitative estimate of drug-likeness (QED) is 0.739. The fourth-order valence-electron chi connectivity index (χ4n) is 1.52. The van der Waals surface area contributed by atoms with Gasteiger partial charge in [0.25, 0.3) is 0 Å². The molecule has 82 valence electrons. The third-order valence-electron chi connectivity index (χ3n) is 2.50. The molecule has 0 radical (unpaired) electrons. The Bertz CT molecular complexity index is 200. The van der Waals surface area contributed by atoms with Gasteiger partial charge >= 0.3 is 0 Å². The van der Waals surface area contributed by atoms with Crippen LogP contribution in [0.1, 0.15) is 26.7 Å². The third kappa shape index (κ3) is 3.50. The Kier molecular flexibility index (Phi) is 4.26. The van der Waals surface area contributed by atoms with Crippen LogP contribution < -0.4 is 5.32 Å². The van der Waals surface area contributed by atoms with Crippen molar-refractivity contribution in [1.82, 2.24) is 5.32 Å². The van der Waals surface area contributed by atoms with Crippen LogP contribution in [-0.4, -0.2) is 34.7 Å². The number of nitrogens with one attached hydrogen (secondary N) is 1. The highest BCUT2D eigenvalue weighted by atomic mass is 32.2. The highest BCUT2D eigenvalue weighted by Crippen LogP contribution is 2.24. The van der Waals surface area contributed by atoms with Gasteiger partial charge in [0.1, 0.15) is 0 Å². The van der Waals surface area contributed by atoms with Crippen LogP contribution in [0, 0.1) is 5.92 Å². The van der Waals surface area contributed by atoms with Crippen molar-refractivity contribution in [3.05, 3.63) is 0 Å². The molecule has 0 bridgehead atoms. The lowest BCUT2D eigenvalue weighted by atomic mass is 9.99. The zero-order valence-corrected chi connectivity index (χ0v) is 9.69. The van der Waals surface area contributed by atoms with E-state index >= 15 is 0 Å². The van der Waals surface area contributed by atoms with Gasteiger partial charge in [0.15, 0.2) is 0 Å². The second kappa shape index (κ2) is 5.03. The van der Waals surface area contributed by atoms with Crippen LogP contribution in [-0.2, 0) is 4.79 Å². The van der Waals surface area contributed by atoms with Crippen LogP contribution in [0.5, 0.6) is 0 Å². The van der Waals surface area contributed by atoms with Crippen molar-refractivity contribution in [2.24, 2.45) is 5.92 Å². The van der Waals surface area contributed by atoms with E-state index in [-0.39, 0.29) is 24.0 Å². The lowest BCUT2D eigenvalue weighted by molar-refractivity contribution is -0.126. The Morgan fingerprint density at radius 1 is 1.64 bits per heavy atom. The summed E-state index contributed by atoms with van der Waals surface area (Å²) in [7, 11) is 0. The largest absolute Gasteiger partial charge is 0.396 e. The number of hydrogen-bond acceptors (Lipinski definition) is 3. The smallest absolute Gasteiger partial charge is 0.224 e. The summed E-state index contributed by atoms with van der Waals surface area (Å²) >= 11 is 1.84. The predicted octanol–water partition coefficient (Wildman–Crippen LogP) is 1.02.